The van der Waals surface area contributed by atoms with Crippen molar-refractivity contribution < 1.29 is 4.39 Å². The molecule has 0 saturated carbocycles. The van der Waals surface area contributed by atoms with Gasteiger partial charge in [0.25, 0.3) is 0 Å². The molecule has 3 nitrogen and oxygen atoms in total. The Bertz CT molecular complexity index is 385. The first-order valence-corrected chi connectivity index (χ1v) is 6.37. The summed E-state index contributed by atoms with van der Waals surface area (Å²) in [5.74, 6) is 0.767. The van der Waals surface area contributed by atoms with Crippen LogP contribution in [0.3, 0.4) is 0 Å². The smallest absolute Gasteiger partial charge is 0.186 e. The fourth-order valence-corrected chi connectivity index (χ4v) is 2.49. The number of aromatic nitrogens is 2. The Kier molecular flexibility index (Phi) is 3.42. The maximum atomic E-state index is 13.8. The first-order valence-electron chi connectivity index (χ1n) is 5.45. The summed E-state index contributed by atoms with van der Waals surface area (Å²) < 4.78 is 13.8. The van der Waals surface area contributed by atoms with E-state index in [0.29, 0.717) is 22.3 Å². The topological polar surface area (TPSA) is 29.0 Å². The van der Waals surface area contributed by atoms with Gasteiger partial charge in [0.2, 0.25) is 0 Å². The summed E-state index contributed by atoms with van der Waals surface area (Å²) in [6.07, 6.45) is 2.48. The van der Waals surface area contributed by atoms with Crippen molar-refractivity contribution in [3.05, 3.63) is 17.8 Å². The number of piperidine rings is 1. The Morgan fingerprint density at radius 2 is 2.25 bits per heavy atom. The monoisotopic (exact) mass is 287 g/mol. The molecule has 2 rings (SSSR count). The fraction of sp³-hybridized carbons (Fsp3) is 0.636. The van der Waals surface area contributed by atoms with E-state index in [9.17, 15) is 4.39 Å². The quantitative estimate of drug-likeness (QED) is 0.744. The third-order valence-electron chi connectivity index (χ3n) is 3.11. The van der Waals surface area contributed by atoms with E-state index >= 15 is 0 Å². The normalized spacial score (nSPS) is 25.9. The van der Waals surface area contributed by atoms with Gasteiger partial charge in [-0.25, -0.2) is 14.4 Å². The van der Waals surface area contributed by atoms with Gasteiger partial charge in [0, 0.05) is 17.9 Å². The molecule has 1 aromatic rings. The number of aryl methyl sites for hydroxylation is 1. The summed E-state index contributed by atoms with van der Waals surface area (Å²) in [5.41, 5.74) is 0.412. The number of hydrogen-bond acceptors (Lipinski definition) is 3. The van der Waals surface area contributed by atoms with E-state index in [-0.39, 0.29) is 5.82 Å². The van der Waals surface area contributed by atoms with Gasteiger partial charge in [-0.1, -0.05) is 22.9 Å². The van der Waals surface area contributed by atoms with Crippen molar-refractivity contribution in [3.8, 4) is 0 Å². The molecule has 2 atom stereocenters. The van der Waals surface area contributed by atoms with Gasteiger partial charge in [-0.15, -0.1) is 0 Å². The summed E-state index contributed by atoms with van der Waals surface area (Å²) in [4.78, 5) is 10.3. The van der Waals surface area contributed by atoms with Crippen LogP contribution in [0.5, 0.6) is 0 Å². The third-order valence-corrected chi connectivity index (χ3v) is 4.30. The number of rotatable bonds is 1. The summed E-state index contributed by atoms with van der Waals surface area (Å²) in [6, 6.07) is 0. The van der Waals surface area contributed by atoms with Gasteiger partial charge in [0.1, 0.15) is 6.33 Å². The summed E-state index contributed by atoms with van der Waals surface area (Å²) in [6.45, 7) is 5.53. The molecule has 0 amide bonds. The van der Waals surface area contributed by atoms with Crippen molar-refractivity contribution in [2.45, 2.75) is 25.1 Å². The van der Waals surface area contributed by atoms with Crippen molar-refractivity contribution in [2.75, 3.05) is 18.0 Å². The fourth-order valence-electron chi connectivity index (χ4n) is 1.88. The van der Waals surface area contributed by atoms with E-state index in [1.807, 2.05) is 4.90 Å². The predicted octanol–water partition coefficient (Wildman–Crippen LogP) is 2.53. The lowest BCUT2D eigenvalue weighted by Crippen LogP contribution is -2.41. The van der Waals surface area contributed by atoms with Crippen LogP contribution in [0.2, 0.25) is 0 Å². The van der Waals surface area contributed by atoms with Crippen LogP contribution in [0.1, 0.15) is 19.0 Å². The molecule has 0 spiro atoms. The molecule has 2 unspecified atom stereocenters. The van der Waals surface area contributed by atoms with Crippen molar-refractivity contribution in [3.63, 3.8) is 0 Å². The standard InChI is InChI=1S/C11H15BrFN3/c1-7-3-4-16(5-9(7)12)11-10(13)8(2)14-6-15-11/h6-7,9H,3-5H2,1-2H3. The van der Waals surface area contributed by atoms with Crippen molar-refractivity contribution >= 4 is 21.7 Å². The van der Waals surface area contributed by atoms with Crippen molar-refractivity contribution in [2.24, 2.45) is 5.92 Å². The highest BCUT2D eigenvalue weighted by Gasteiger charge is 2.26. The molecule has 1 aliphatic heterocycles. The molecular weight excluding hydrogens is 273 g/mol. The molecule has 0 radical (unpaired) electrons. The Hall–Kier alpha value is -0.710. The SMILES string of the molecule is Cc1ncnc(N2CCC(C)C(Br)C2)c1F. The van der Waals surface area contributed by atoms with Crippen LogP contribution in [0.4, 0.5) is 10.2 Å². The molecule has 1 aliphatic rings. The van der Waals surface area contributed by atoms with Crippen LogP contribution in [0, 0.1) is 18.7 Å². The average molecular weight is 288 g/mol. The first-order chi connectivity index (χ1) is 7.59. The second kappa shape index (κ2) is 4.65. The number of nitrogens with zero attached hydrogens (tertiary/aromatic N) is 3. The molecule has 88 valence electrons. The first kappa shape index (κ1) is 11.8. The molecule has 0 bridgehead atoms. The van der Waals surface area contributed by atoms with Gasteiger partial charge >= 0.3 is 0 Å². The second-order valence-corrected chi connectivity index (χ2v) is 5.50. The minimum atomic E-state index is -0.295. The maximum Gasteiger partial charge on any atom is 0.186 e. The molecule has 1 fully saturated rings. The average Bonchev–Trinajstić information content (AvgIpc) is 2.26. The highest BCUT2D eigenvalue weighted by Crippen LogP contribution is 2.27. The van der Waals surface area contributed by atoms with Crippen LogP contribution in [-0.4, -0.2) is 27.9 Å². The van der Waals surface area contributed by atoms with Gasteiger partial charge in [-0.3, -0.25) is 0 Å². The molecule has 5 heteroatoms. The zero-order chi connectivity index (χ0) is 11.7. The molecule has 0 aliphatic carbocycles. The van der Waals surface area contributed by atoms with Crippen LogP contribution in [0.25, 0.3) is 0 Å². The molecule has 0 N–H and O–H groups in total. The van der Waals surface area contributed by atoms with E-state index < -0.39 is 0 Å². The zero-order valence-corrected chi connectivity index (χ0v) is 11.0. The van der Waals surface area contributed by atoms with E-state index in [4.69, 9.17) is 0 Å². The summed E-state index contributed by atoms with van der Waals surface area (Å²) >= 11 is 3.63. The van der Waals surface area contributed by atoms with Gasteiger partial charge in [-0.2, -0.15) is 0 Å². The summed E-state index contributed by atoms with van der Waals surface area (Å²) in [5, 5.41) is 0. The number of halogens is 2. The molecule has 0 aromatic carbocycles. The number of anilines is 1. The van der Waals surface area contributed by atoms with E-state index in [2.05, 4.69) is 32.8 Å². The highest BCUT2D eigenvalue weighted by atomic mass is 79.9. The Balaban J connectivity index is 2.22. The van der Waals surface area contributed by atoms with Crippen molar-refractivity contribution in [1.29, 1.82) is 0 Å². The van der Waals surface area contributed by atoms with Gasteiger partial charge in [0.05, 0.1) is 5.69 Å². The lowest BCUT2D eigenvalue weighted by molar-refractivity contribution is 0.448. The summed E-state index contributed by atoms with van der Waals surface area (Å²) in [7, 11) is 0. The van der Waals surface area contributed by atoms with Crippen molar-refractivity contribution in [1.82, 2.24) is 9.97 Å². The van der Waals surface area contributed by atoms with Crippen LogP contribution >= 0.6 is 15.9 Å². The molecule has 1 saturated heterocycles. The van der Waals surface area contributed by atoms with Crippen LogP contribution in [-0.2, 0) is 0 Å². The Morgan fingerprint density at radius 3 is 2.94 bits per heavy atom. The molecule has 1 aromatic heterocycles. The number of alkyl halides is 1. The van der Waals surface area contributed by atoms with Crippen LogP contribution in [0.15, 0.2) is 6.33 Å². The lowest BCUT2D eigenvalue weighted by Gasteiger charge is -2.35. The maximum absolute atomic E-state index is 13.8. The van der Waals surface area contributed by atoms with Gasteiger partial charge in [-0.05, 0) is 19.3 Å². The molecular formula is C11H15BrFN3. The Morgan fingerprint density at radius 1 is 1.50 bits per heavy atom. The minimum absolute atomic E-state index is 0.295. The molecule has 16 heavy (non-hydrogen) atoms. The number of hydrogen-bond donors (Lipinski definition) is 0. The minimum Gasteiger partial charge on any atom is -0.353 e. The molecule has 2 heterocycles. The third kappa shape index (κ3) is 2.19. The van der Waals surface area contributed by atoms with E-state index in [0.717, 1.165) is 19.5 Å². The van der Waals surface area contributed by atoms with E-state index in [1.165, 1.54) is 6.33 Å². The highest BCUT2D eigenvalue weighted by molar-refractivity contribution is 9.09. The lowest BCUT2D eigenvalue weighted by atomic mass is 9.99. The predicted molar refractivity (Wildman–Crippen MR) is 65.4 cm³/mol. The van der Waals surface area contributed by atoms with Gasteiger partial charge < -0.3 is 4.90 Å². The largest absolute Gasteiger partial charge is 0.353 e. The van der Waals surface area contributed by atoms with E-state index in [1.54, 1.807) is 6.92 Å². The van der Waals surface area contributed by atoms with Crippen LogP contribution < -0.4 is 4.90 Å². The zero-order valence-electron chi connectivity index (χ0n) is 9.45. The van der Waals surface area contributed by atoms with Gasteiger partial charge in [0.15, 0.2) is 11.6 Å². The Labute approximate surface area is 103 Å². The second-order valence-electron chi connectivity index (χ2n) is 4.32.